The van der Waals surface area contributed by atoms with E-state index in [0.29, 0.717) is 12.0 Å². The minimum absolute atomic E-state index is 0.0455. The van der Waals surface area contributed by atoms with E-state index in [1.54, 1.807) is 0 Å². The molecule has 20 heavy (non-hydrogen) atoms. The van der Waals surface area contributed by atoms with Crippen molar-refractivity contribution < 1.29 is 19.8 Å². The first-order valence-corrected chi connectivity index (χ1v) is 6.61. The predicted molar refractivity (Wildman–Crippen MR) is 77.3 cm³/mol. The summed E-state index contributed by atoms with van der Waals surface area (Å²) in [5.41, 5.74) is 1.54. The van der Waals surface area contributed by atoms with Gasteiger partial charge < -0.3 is 10.2 Å². The second-order valence-electron chi connectivity index (χ2n) is 4.28. The third kappa shape index (κ3) is 3.05. The number of hydrogen-bond acceptors (Lipinski definition) is 2. The van der Waals surface area contributed by atoms with Crippen LogP contribution in [0.5, 0.6) is 0 Å². The Hall–Kier alpha value is -2.14. The summed E-state index contributed by atoms with van der Waals surface area (Å²) in [6, 6.07) is 12.4. The number of hydrogen-bond donors (Lipinski definition) is 2. The zero-order chi connectivity index (χ0) is 14.7. The van der Waals surface area contributed by atoms with Crippen molar-refractivity contribution in [1.29, 1.82) is 0 Å². The molecule has 0 aliphatic heterocycles. The summed E-state index contributed by atoms with van der Waals surface area (Å²) in [6.45, 7) is 0. The van der Waals surface area contributed by atoms with Crippen LogP contribution >= 0.6 is 15.9 Å². The van der Waals surface area contributed by atoms with Gasteiger partial charge in [-0.25, -0.2) is 9.59 Å². The van der Waals surface area contributed by atoms with Crippen LogP contribution in [0.25, 0.3) is 0 Å². The number of carboxylic acid groups (broad SMARTS) is 2. The quantitative estimate of drug-likeness (QED) is 0.898. The normalized spacial score (nSPS) is 10.2. The van der Waals surface area contributed by atoms with Crippen LogP contribution in [0.4, 0.5) is 0 Å². The maximum atomic E-state index is 11.2. The molecule has 0 spiro atoms. The summed E-state index contributed by atoms with van der Waals surface area (Å²) in [7, 11) is 0. The van der Waals surface area contributed by atoms with Gasteiger partial charge in [0.25, 0.3) is 0 Å². The third-order valence-corrected chi connectivity index (χ3v) is 3.70. The van der Waals surface area contributed by atoms with Crippen molar-refractivity contribution >= 4 is 27.9 Å². The lowest BCUT2D eigenvalue weighted by molar-refractivity contribution is 0.0695. The lowest BCUT2D eigenvalue weighted by Crippen LogP contribution is -2.07. The summed E-state index contributed by atoms with van der Waals surface area (Å²) in [6.07, 6.45) is 0.481. The lowest BCUT2D eigenvalue weighted by Gasteiger charge is -2.08. The van der Waals surface area contributed by atoms with Crippen LogP contribution in [0.3, 0.4) is 0 Å². The molecule has 0 aromatic heterocycles. The maximum absolute atomic E-state index is 11.2. The first-order valence-electron chi connectivity index (χ1n) is 5.82. The molecule has 0 aliphatic rings. The first kappa shape index (κ1) is 14.3. The van der Waals surface area contributed by atoms with Gasteiger partial charge in [-0.05, 0) is 45.6 Å². The van der Waals surface area contributed by atoms with Gasteiger partial charge in [0, 0.05) is 4.47 Å². The van der Waals surface area contributed by atoms with Crippen molar-refractivity contribution in [1.82, 2.24) is 0 Å². The largest absolute Gasteiger partial charge is 0.478 e. The van der Waals surface area contributed by atoms with Gasteiger partial charge in [-0.2, -0.15) is 0 Å². The molecule has 5 heteroatoms. The molecule has 0 heterocycles. The molecule has 0 unspecified atom stereocenters. The van der Waals surface area contributed by atoms with Crippen molar-refractivity contribution in [3.05, 3.63) is 69.2 Å². The average Bonchev–Trinajstić information content (AvgIpc) is 2.41. The highest BCUT2D eigenvalue weighted by Gasteiger charge is 2.18. The zero-order valence-corrected chi connectivity index (χ0v) is 11.9. The SMILES string of the molecule is O=C(O)c1cc(Cc2ccccc2)cc(C(=O)O)c1Br. The van der Waals surface area contributed by atoms with Crippen LogP contribution in [0.15, 0.2) is 46.9 Å². The highest BCUT2D eigenvalue weighted by Crippen LogP contribution is 2.25. The van der Waals surface area contributed by atoms with Gasteiger partial charge in [0.1, 0.15) is 0 Å². The Morgan fingerprint density at radius 3 is 1.85 bits per heavy atom. The molecule has 0 fully saturated rings. The summed E-state index contributed by atoms with van der Waals surface area (Å²) >= 11 is 3.04. The van der Waals surface area contributed by atoms with Crippen molar-refractivity contribution in [2.45, 2.75) is 6.42 Å². The molecule has 0 aliphatic carbocycles. The van der Waals surface area contributed by atoms with Gasteiger partial charge in [-0.15, -0.1) is 0 Å². The van der Waals surface area contributed by atoms with Crippen LogP contribution in [-0.4, -0.2) is 22.2 Å². The molecule has 0 bridgehead atoms. The molecular weight excluding hydrogens is 324 g/mol. The maximum Gasteiger partial charge on any atom is 0.336 e. The number of carboxylic acids is 2. The monoisotopic (exact) mass is 334 g/mol. The van der Waals surface area contributed by atoms with Crippen LogP contribution in [0.2, 0.25) is 0 Å². The van der Waals surface area contributed by atoms with Gasteiger partial charge >= 0.3 is 11.9 Å². The van der Waals surface area contributed by atoms with E-state index in [-0.39, 0.29) is 15.6 Å². The van der Waals surface area contributed by atoms with E-state index in [1.165, 1.54) is 12.1 Å². The van der Waals surface area contributed by atoms with Crippen molar-refractivity contribution in [3.63, 3.8) is 0 Å². The fourth-order valence-corrected chi connectivity index (χ4v) is 2.50. The smallest absolute Gasteiger partial charge is 0.336 e. The topological polar surface area (TPSA) is 74.6 Å². The van der Waals surface area contributed by atoms with E-state index >= 15 is 0 Å². The van der Waals surface area contributed by atoms with Crippen LogP contribution in [0, 0.1) is 0 Å². The zero-order valence-electron chi connectivity index (χ0n) is 10.3. The number of aromatic carboxylic acids is 2. The number of rotatable bonds is 4. The van der Waals surface area contributed by atoms with Crippen molar-refractivity contribution in [2.24, 2.45) is 0 Å². The van der Waals surface area contributed by atoms with Crippen LogP contribution in [-0.2, 0) is 6.42 Å². The summed E-state index contributed by atoms with van der Waals surface area (Å²) in [5.74, 6) is -2.32. The molecular formula is C15H11BrO4. The second kappa shape index (κ2) is 5.88. The molecule has 0 radical (unpaired) electrons. The van der Waals surface area contributed by atoms with E-state index in [4.69, 9.17) is 10.2 Å². The van der Waals surface area contributed by atoms with Gasteiger partial charge in [0.2, 0.25) is 0 Å². The Bertz CT molecular complexity index is 630. The van der Waals surface area contributed by atoms with Crippen molar-refractivity contribution in [3.8, 4) is 0 Å². The summed E-state index contributed by atoms with van der Waals surface area (Å²) < 4.78 is 0.0920. The van der Waals surface area contributed by atoms with Crippen molar-refractivity contribution in [2.75, 3.05) is 0 Å². The third-order valence-electron chi connectivity index (χ3n) is 2.84. The molecule has 0 saturated carbocycles. The highest BCUT2D eigenvalue weighted by atomic mass is 79.9. The minimum Gasteiger partial charge on any atom is -0.478 e. The number of carbonyl (C=O) groups is 2. The second-order valence-corrected chi connectivity index (χ2v) is 5.07. The van der Waals surface area contributed by atoms with Crippen LogP contribution < -0.4 is 0 Å². The molecule has 2 N–H and O–H groups in total. The van der Waals surface area contributed by atoms with Gasteiger partial charge in [0.05, 0.1) is 11.1 Å². The van der Waals surface area contributed by atoms with E-state index < -0.39 is 11.9 Å². The highest BCUT2D eigenvalue weighted by molar-refractivity contribution is 9.10. The lowest BCUT2D eigenvalue weighted by atomic mass is 10.00. The minimum atomic E-state index is -1.16. The Kier molecular flexibility index (Phi) is 4.20. The Labute approximate surface area is 123 Å². The van der Waals surface area contributed by atoms with Gasteiger partial charge in [-0.1, -0.05) is 30.3 Å². The standard InChI is InChI=1S/C15H11BrO4/c16-13-11(14(17)18)7-10(8-12(13)15(19)20)6-9-4-2-1-3-5-9/h1-5,7-8H,6H2,(H,17,18)(H,19,20). The molecule has 2 rings (SSSR count). The molecule has 0 amide bonds. The molecule has 102 valence electrons. The number of benzene rings is 2. The molecule has 4 nitrogen and oxygen atoms in total. The van der Waals surface area contributed by atoms with E-state index in [1.807, 2.05) is 30.3 Å². The van der Waals surface area contributed by atoms with E-state index in [0.717, 1.165) is 5.56 Å². The molecule has 0 atom stereocenters. The molecule has 2 aromatic carbocycles. The Morgan fingerprint density at radius 2 is 1.40 bits per heavy atom. The Balaban J connectivity index is 2.49. The van der Waals surface area contributed by atoms with E-state index in [9.17, 15) is 9.59 Å². The predicted octanol–water partition coefficient (Wildman–Crippen LogP) is 3.44. The molecule has 0 saturated heterocycles. The summed E-state index contributed by atoms with van der Waals surface area (Å²) in [4.78, 5) is 22.4. The van der Waals surface area contributed by atoms with Crippen LogP contribution in [0.1, 0.15) is 31.8 Å². The fraction of sp³-hybridized carbons (Fsp3) is 0.0667. The average molecular weight is 335 g/mol. The fourth-order valence-electron chi connectivity index (χ4n) is 1.93. The van der Waals surface area contributed by atoms with Gasteiger partial charge in [0.15, 0.2) is 0 Å². The Morgan fingerprint density at radius 1 is 0.900 bits per heavy atom. The summed E-state index contributed by atoms with van der Waals surface area (Å²) in [5, 5.41) is 18.3. The van der Waals surface area contributed by atoms with E-state index in [2.05, 4.69) is 15.9 Å². The first-order chi connectivity index (χ1) is 9.49. The van der Waals surface area contributed by atoms with Gasteiger partial charge in [-0.3, -0.25) is 0 Å². The molecule has 2 aromatic rings. The number of halogens is 1.